The Labute approximate surface area is 145 Å². The second kappa shape index (κ2) is 8.16. The summed E-state index contributed by atoms with van der Waals surface area (Å²) in [5, 5.41) is 13.2. The molecule has 0 heterocycles. The molecule has 0 fully saturated rings. The van der Waals surface area contributed by atoms with Crippen molar-refractivity contribution in [3.05, 3.63) is 64.1 Å². The number of amides is 1. The van der Waals surface area contributed by atoms with Gasteiger partial charge in [-0.05, 0) is 29.7 Å². The lowest BCUT2D eigenvalue weighted by Crippen LogP contribution is -2.28. The van der Waals surface area contributed by atoms with Crippen LogP contribution in [0.1, 0.15) is 37.3 Å². The maximum atomic E-state index is 12.3. The molecule has 0 aliphatic heterocycles. The molecule has 2 aromatic carbocycles. The summed E-state index contributed by atoms with van der Waals surface area (Å²) in [6.07, 6.45) is 0.306. The van der Waals surface area contributed by atoms with E-state index in [9.17, 15) is 9.90 Å². The highest BCUT2D eigenvalue weighted by Crippen LogP contribution is 2.35. The third-order valence-electron chi connectivity index (χ3n) is 3.66. The summed E-state index contributed by atoms with van der Waals surface area (Å²) in [6.45, 7) is 4.79. The lowest BCUT2D eigenvalue weighted by molar-refractivity contribution is -0.121. The van der Waals surface area contributed by atoms with Crippen LogP contribution in [0.5, 0.6) is 5.75 Å². The van der Waals surface area contributed by atoms with Gasteiger partial charge in [-0.25, -0.2) is 0 Å². The summed E-state index contributed by atoms with van der Waals surface area (Å²) in [4.78, 5) is 12.3. The zero-order valence-electron chi connectivity index (χ0n) is 13.4. The van der Waals surface area contributed by atoms with Gasteiger partial charge < -0.3 is 10.4 Å². The number of aromatic hydroxyl groups is 1. The third kappa shape index (κ3) is 5.10. The molecule has 3 nitrogen and oxygen atoms in total. The van der Waals surface area contributed by atoms with E-state index in [0.717, 1.165) is 15.6 Å². The predicted molar refractivity (Wildman–Crippen MR) is 96.6 cm³/mol. The first-order valence-corrected chi connectivity index (χ1v) is 8.56. The molecular formula is C19H22BrNO2. The summed E-state index contributed by atoms with van der Waals surface area (Å²) in [7, 11) is 0. The summed E-state index contributed by atoms with van der Waals surface area (Å²) < 4.78 is 0.883. The molecule has 1 atom stereocenters. The monoisotopic (exact) mass is 375 g/mol. The maximum Gasteiger partial charge on any atom is 0.220 e. The molecule has 23 heavy (non-hydrogen) atoms. The van der Waals surface area contributed by atoms with Crippen molar-refractivity contribution in [2.24, 2.45) is 5.92 Å². The van der Waals surface area contributed by atoms with Crippen LogP contribution in [-0.4, -0.2) is 17.6 Å². The van der Waals surface area contributed by atoms with Crippen molar-refractivity contribution < 1.29 is 9.90 Å². The molecule has 0 saturated heterocycles. The second-order valence-corrected chi connectivity index (χ2v) is 6.98. The van der Waals surface area contributed by atoms with Crippen LogP contribution >= 0.6 is 15.9 Å². The number of benzene rings is 2. The molecule has 122 valence electrons. The van der Waals surface area contributed by atoms with E-state index in [4.69, 9.17) is 0 Å². The minimum absolute atomic E-state index is 0.00747. The number of phenolic OH excluding ortho intramolecular Hbond substituents is 1. The first-order chi connectivity index (χ1) is 11.0. The van der Waals surface area contributed by atoms with Crippen LogP contribution in [0, 0.1) is 5.92 Å². The number of carbonyl (C=O) groups is 1. The van der Waals surface area contributed by atoms with Crippen molar-refractivity contribution >= 4 is 21.8 Å². The summed E-state index contributed by atoms with van der Waals surface area (Å²) in [5.74, 6) is 0.430. The zero-order chi connectivity index (χ0) is 16.8. The standard InChI is InChI=1S/C19H22BrNO2/c1-13(2)12-21-19(23)11-16(14-6-4-3-5-7-14)17-10-15(20)8-9-18(17)22/h3-10,13,16,22H,11-12H2,1-2H3,(H,21,23). The number of carbonyl (C=O) groups excluding carboxylic acids is 1. The lowest BCUT2D eigenvalue weighted by Gasteiger charge is -2.19. The van der Waals surface area contributed by atoms with Gasteiger partial charge in [-0.1, -0.05) is 60.1 Å². The lowest BCUT2D eigenvalue weighted by atomic mass is 9.87. The Morgan fingerprint density at radius 3 is 2.52 bits per heavy atom. The van der Waals surface area contributed by atoms with Crippen LogP contribution < -0.4 is 5.32 Å². The van der Waals surface area contributed by atoms with Crippen LogP contribution in [0.15, 0.2) is 53.0 Å². The minimum atomic E-state index is -0.180. The average Bonchev–Trinajstić information content (AvgIpc) is 2.54. The SMILES string of the molecule is CC(C)CNC(=O)CC(c1ccccc1)c1cc(Br)ccc1O. The van der Waals surface area contributed by atoms with Crippen molar-refractivity contribution in [1.29, 1.82) is 0 Å². The number of nitrogens with one attached hydrogen (secondary N) is 1. The summed E-state index contributed by atoms with van der Waals surface area (Å²) >= 11 is 3.44. The van der Waals surface area contributed by atoms with E-state index in [2.05, 4.69) is 35.1 Å². The van der Waals surface area contributed by atoms with Gasteiger partial charge in [0.05, 0.1) is 0 Å². The molecule has 0 spiro atoms. The fourth-order valence-corrected chi connectivity index (χ4v) is 2.85. The molecule has 1 amide bonds. The number of phenols is 1. The van der Waals surface area contributed by atoms with Gasteiger partial charge >= 0.3 is 0 Å². The van der Waals surface area contributed by atoms with Gasteiger partial charge in [-0.15, -0.1) is 0 Å². The number of rotatable bonds is 6. The number of hydrogen-bond acceptors (Lipinski definition) is 2. The number of halogens is 1. The fraction of sp³-hybridized carbons (Fsp3) is 0.316. The largest absolute Gasteiger partial charge is 0.508 e. The van der Waals surface area contributed by atoms with Gasteiger partial charge in [-0.2, -0.15) is 0 Å². The molecular weight excluding hydrogens is 354 g/mol. The maximum absolute atomic E-state index is 12.3. The molecule has 0 saturated carbocycles. The van der Waals surface area contributed by atoms with Crippen LogP contribution in [0.2, 0.25) is 0 Å². The highest BCUT2D eigenvalue weighted by atomic mass is 79.9. The topological polar surface area (TPSA) is 49.3 Å². The predicted octanol–water partition coefficient (Wildman–Crippen LogP) is 4.45. The Morgan fingerprint density at radius 1 is 1.17 bits per heavy atom. The van der Waals surface area contributed by atoms with E-state index in [-0.39, 0.29) is 17.6 Å². The van der Waals surface area contributed by atoms with Crippen molar-refractivity contribution in [3.63, 3.8) is 0 Å². The summed E-state index contributed by atoms with van der Waals surface area (Å²) in [5.41, 5.74) is 1.77. The molecule has 0 radical (unpaired) electrons. The quantitative estimate of drug-likeness (QED) is 0.783. The third-order valence-corrected chi connectivity index (χ3v) is 4.16. The van der Waals surface area contributed by atoms with Gasteiger partial charge in [-0.3, -0.25) is 4.79 Å². The Kier molecular flexibility index (Phi) is 6.22. The first kappa shape index (κ1) is 17.5. The Morgan fingerprint density at radius 2 is 1.87 bits per heavy atom. The summed E-state index contributed by atoms with van der Waals surface area (Å²) in [6, 6.07) is 15.1. The molecule has 0 aliphatic rings. The van der Waals surface area contributed by atoms with E-state index >= 15 is 0 Å². The first-order valence-electron chi connectivity index (χ1n) is 7.77. The van der Waals surface area contributed by atoms with Crippen molar-refractivity contribution in [1.82, 2.24) is 5.32 Å². The molecule has 0 bridgehead atoms. The van der Waals surface area contributed by atoms with Crippen LogP contribution in [-0.2, 0) is 4.79 Å². The van der Waals surface area contributed by atoms with Gasteiger partial charge in [0.2, 0.25) is 5.91 Å². The van der Waals surface area contributed by atoms with Crippen molar-refractivity contribution in [3.8, 4) is 5.75 Å². The van der Waals surface area contributed by atoms with Crippen LogP contribution in [0.25, 0.3) is 0 Å². The second-order valence-electron chi connectivity index (χ2n) is 6.07. The highest BCUT2D eigenvalue weighted by molar-refractivity contribution is 9.10. The normalized spacial score (nSPS) is 12.2. The van der Waals surface area contributed by atoms with E-state index in [1.165, 1.54) is 0 Å². The van der Waals surface area contributed by atoms with E-state index < -0.39 is 0 Å². The molecule has 2 N–H and O–H groups in total. The minimum Gasteiger partial charge on any atom is -0.508 e. The average molecular weight is 376 g/mol. The zero-order valence-corrected chi connectivity index (χ0v) is 15.0. The van der Waals surface area contributed by atoms with E-state index in [1.54, 1.807) is 12.1 Å². The molecule has 0 aromatic heterocycles. The van der Waals surface area contributed by atoms with Crippen LogP contribution in [0.3, 0.4) is 0 Å². The highest BCUT2D eigenvalue weighted by Gasteiger charge is 2.21. The Hall–Kier alpha value is -1.81. The molecule has 0 aliphatic carbocycles. The Balaban J connectivity index is 2.29. The van der Waals surface area contributed by atoms with Gasteiger partial charge in [0.1, 0.15) is 5.75 Å². The van der Waals surface area contributed by atoms with E-state index in [1.807, 2.05) is 36.4 Å². The van der Waals surface area contributed by atoms with Crippen molar-refractivity contribution in [2.75, 3.05) is 6.54 Å². The van der Waals surface area contributed by atoms with E-state index in [0.29, 0.717) is 18.9 Å². The molecule has 2 rings (SSSR count). The fourth-order valence-electron chi connectivity index (χ4n) is 2.47. The Bertz CT molecular complexity index is 656. The molecule has 1 unspecified atom stereocenters. The number of hydrogen-bond donors (Lipinski definition) is 2. The molecule has 2 aromatic rings. The van der Waals surface area contributed by atoms with Gasteiger partial charge in [0, 0.05) is 28.9 Å². The van der Waals surface area contributed by atoms with Gasteiger partial charge in [0.15, 0.2) is 0 Å². The molecule has 4 heteroatoms. The van der Waals surface area contributed by atoms with Crippen LogP contribution in [0.4, 0.5) is 0 Å². The van der Waals surface area contributed by atoms with Crippen molar-refractivity contribution in [2.45, 2.75) is 26.2 Å². The van der Waals surface area contributed by atoms with Gasteiger partial charge in [0.25, 0.3) is 0 Å². The smallest absolute Gasteiger partial charge is 0.220 e.